The minimum Gasteiger partial charge on any atom is -0.496 e. The lowest BCUT2D eigenvalue weighted by molar-refractivity contribution is -0.117. The van der Waals surface area contributed by atoms with Crippen LogP contribution < -0.4 is 15.6 Å². The summed E-state index contributed by atoms with van der Waals surface area (Å²) in [6.45, 7) is 16.3. The fraction of sp³-hybridized carbons (Fsp3) is 0.474. The van der Waals surface area contributed by atoms with Gasteiger partial charge in [-0.25, -0.2) is 13.4 Å². The molecule has 0 spiro atoms. The molecule has 2 fully saturated rings. The highest BCUT2D eigenvalue weighted by Gasteiger charge is 2.31. The number of aryl methyl sites for hydroxylation is 2. The highest BCUT2D eigenvalue weighted by atomic mass is 32.2. The molecule has 0 saturated carbocycles. The SMILES string of the molecule is C=C1NC(=O)CS1.CC\C=C/C(C)=C\C=C(/C)OCCn1c(-c2ccc(S(=O)(=O)N3CCN(C)CC3)c(OCC)c2)nc2c(CCC)nn(C)c2c1=O. The molecule has 1 aromatic carbocycles. The molecule has 5 rings (SSSR count). The Bertz CT molecular complexity index is 2030. The number of amides is 1. The molecular formula is C38H53N7O6S2. The third-order valence-electron chi connectivity index (χ3n) is 8.58. The van der Waals surface area contributed by atoms with Crippen LogP contribution in [-0.4, -0.2) is 95.1 Å². The van der Waals surface area contributed by atoms with E-state index in [1.165, 1.54) is 16.1 Å². The van der Waals surface area contributed by atoms with Crippen LogP contribution in [0.25, 0.3) is 22.4 Å². The summed E-state index contributed by atoms with van der Waals surface area (Å²) in [7, 11) is -0.0618. The standard InChI is InChI=1S/C34H48N6O5S.C4H5NOS/c1-8-11-13-25(4)14-15-26(5)45-23-22-40-33(35-31-28(12-9-2)36-38(7)32(31)34(40)41)27-16-17-30(29(24-27)44-10-3)46(42,43)39-20-18-37(6)19-21-39;1-3-5-4(6)2-7-3/h11,13-17,24H,8-10,12,18-23H2,1-7H3;1-2H2,(H,5,6)/b13-11-,25-14-,26-15+;. The summed E-state index contributed by atoms with van der Waals surface area (Å²) in [5.74, 6) is 1.96. The summed E-state index contributed by atoms with van der Waals surface area (Å²) < 4.78 is 44.0. The second-order valence-corrected chi connectivity index (χ2v) is 15.8. The summed E-state index contributed by atoms with van der Waals surface area (Å²) in [5.41, 5.74) is 3.15. The lowest BCUT2D eigenvalue weighted by Crippen LogP contribution is -2.47. The molecule has 1 amide bonds. The largest absolute Gasteiger partial charge is 0.496 e. The van der Waals surface area contributed by atoms with E-state index in [9.17, 15) is 18.0 Å². The van der Waals surface area contributed by atoms with Gasteiger partial charge in [0.2, 0.25) is 15.9 Å². The first-order valence-electron chi connectivity index (χ1n) is 18.0. The highest BCUT2D eigenvalue weighted by Crippen LogP contribution is 2.33. The van der Waals surface area contributed by atoms with Gasteiger partial charge in [-0.05, 0) is 64.9 Å². The van der Waals surface area contributed by atoms with Gasteiger partial charge in [-0.2, -0.15) is 9.40 Å². The average Bonchev–Trinajstić information content (AvgIpc) is 3.67. The zero-order chi connectivity index (χ0) is 38.7. The predicted octanol–water partition coefficient (Wildman–Crippen LogP) is 5.24. The number of thioether (sulfide) groups is 1. The first kappa shape index (κ1) is 41.6. The fourth-order valence-corrected chi connectivity index (χ4v) is 7.88. The first-order valence-corrected chi connectivity index (χ1v) is 20.4. The molecule has 3 aromatic rings. The molecule has 0 unspecified atom stereocenters. The summed E-state index contributed by atoms with van der Waals surface area (Å²) in [6.07, 6.45) is 10.6. The number of likely N-dealkylation sites (N-methyl/N-ethyl adjacent to an activating group) is 1. The van der Waals surface area contributed by atoms with Crippen molar-refractivity contribution in [1.82, 2.24) is 33.9 Å². The number of nitrogens with zero attached hydrogens (tertiary/aromatic N) is 6. The number of fused-ring (bicyclic) bond motifs is 1. The van der Waals surface area contributed by atoms with E-state index in [2.05, 4.69) is 47.9 Å². The average molecular weight is 768 g/mol. The van der Waals surface area contributed by atoms with E-state index in [4.69, 9.17) is 14.5 Å². The second kappa shape index (κ2) is 19.2. The Morgan fingerprint density at radius 3 is 2.42 bits per heavy atom. The summed E-state index contributed by atoms with van der Waals surface area (Å²) in [4.78, 5) is 31.5. The van der Waals surface area contributed by atoms with Gasteiger partial charge in [-0.15, -0.1) is 0 Å². The monoisotopic (exact) mass is 767 g/mol. The number of hydrogen-bond acceptors (Lipinski definition) is 10. The molecule has 0 aliphatic carbocycles. The first-order chi connectivity index (χ1) is 25.3. The zero-order valence-electron chi connectivity index (χ0n) is 32.0. The molecule has 2 aliphatic rings. The summed E-state index contributed by atoms with van der Waals surface area (Å²) in [6, 6.07) is 4.95. The Labute approximate surface area is 317 Å². The van der Waals surface area contributed by atoms with Crippen molar-refractivity contribution in [2.75, 3.05) is 52.2 Å². The van der Waals surface area contributed by atoms with Gasteiger partial charge in [0.25, 0.3) is 5.56 Å². The summed E-state index contributed by atoms with van der Waals surface area (Å²) in [5, 5.41) is 7.93. The minimum atomic E-state index is -3.80. The van der Waals surface area contributed by atoms with Crippen molar-refractivity contribution in [1.29, 1.82) is 0 Å². The van der Waals surface area contributed by atoms with Crippen LogP contribution in [0.3, 0.4) is 0 Å². The van der Waals surface area contributed by atoms with Crippen molar-refractivity contribution in [3.05, 3.63) is 81.5 Å². The van der Waals surface area contributed by atoms with Gasteiger partial charge in [0.15, 0.2) is 5.52 Å². The Balaban J connectivity index is 0.000000801. The van der Waals surface area contributed by atoms with Gasteiger partial charge in [-0.1, -0.05) is 62.4 Å². The van der Waals surface area contributed by atoms with Gasteiger partial charge in [0, 0.05) is 38.8 Å². The fourth-order valence-electron chi connectivity index (χ4n) is 5.78. The number of benzene rings is 1. The second-order valence-electron chi connectivity index (χ2n) is 12.8. The van der Waals surface area contributed by atoms with E-state index in [1.54, 1.807) is 34.5 Å². The molecular weight excluding hydrogens is 715 g/mol. The topological polar surface area (TPSA) is 141 Å². The number of hydrogen-bond donors (Lipinski definition) is 1. The third-order valence-corrected chi connectivity index (χ3v) is 11.4. The van der Waals surface area contributed by atoms with Gasteiger partial charge >= 0.3 is 0 Å². The van der Waals surface area contributed by atoms with Crippen LogP contribution in [0.5, 0.6) is 5.75 Å². The molecule has 2 aliphatic heterocycles. The molecule has 15 heteroatoms. The van der Waals surface area contributed by atoms with Crippen LogP contribution in [0.1, 0.15) is 53.2 Å². The van der Waals surface area contributed by atoms with E-state index >= 15 is 0 Å². The number of sulfonamides is 1. The number of aromatic nitrogens is 4. The number of carbonyl (C=O) groups is 1. The predicted molar refractivity (Wildman–Crippen MR) is 212 cm³/mol. The van der Waals surface area contributed by atoms with Crippen molar-refractivity contribution in [3.8, 4) is 17.1 Å². The molecule has 2 aromatic heterocycles. The van der Waals surface area contributed by atoms with Gasteiger partial charge in [0.05, 0.1) is 35.4 Å². The number of ether oxygens (including phenoxy) is 2. The lowest BCUT2D eigenvalue weighted by Gasteiger charge is -2.32. The molecule has 0 radical (unpaired) electrons. The van der Waals surface area contributed by atoms with E-state index < -0.39 is 10.0 Å². The number of piperazine rings is 1. The van der Waals surface area contributed by atoms with Crippen LogP contribution in [0.4, 0.5) is 0 Å². The Morgan fingerprint density at radius 1 is 1.08 bits per heavy atom. The van der Waals surface area contributed by atoms with Crippen LogP contribution in [0, 0.1) is 0 Å². The van der Waals surface area contributed by atoms with Crippen LogP contribution >= 0.6 is 11.8 Å². The number of allylic oxidation sites excluding steroid dienone is 6. The maximum absolute atomic E-state index is 14.1. The minimum absolute atomic E-state index is 0.0648. The van der Waals surface area contributed by atoms with E-state index in [0.29, 0.717) is 60.8 Å². The van der Waals surface area contributed by atoms with E-state index in [0.717, 1.165) is 34.9 Å². The molecule has 2 saturated heterocycles. The number of carbonyl (C=O) groups excluding carboxylic acids is 1. The Hall–Kier alpha value is -4.18. The molecule has 288 valence electrons. The third kappa shape index (κ3) is 10.7. The molecule has 0 atom stereocenters. The van der Waals surface area contributed by atoms with Crippen LogP contribution in [-0.2, 0) is 39.6 Å². The number of rotatable bonds is 14. The zero-order valence-corrected chi connectivity index (χ0v) is 33.6. The van der Waals surface area contributed by atoms with Crippen molar-refractivity contribution >= 4 is 38.7 Å². The van der Waals surface area contributed by atoms with Crippen molar-refractivity contribution < 1.29 is 22.7 Å². The maximum atomic E-state index is 14.1. The molecule has 0 bridgehead atoms. The lowest BCUT2D eigenvalue weighted by atomic mass is 10.1. The van der Waals surface area contributed by atoms with Gasteiger partial charge < -0.3 is 19.7 Å². The van der Waals surface area contributed by atoms with Gasteiger partial charge in [-0.3, -0.25) is 18.8 Å². The van der Waals surface area contributed by atoms with E-state index in [1.807, 2.05) is 40.0 Å². The number of nitrogens with one attached hydrogen (secondary N) is 1. The molecule has 13 nitrogen and oxygen atoms in total. The highest BCUT2D eigenvalue weighted by molar-refractivity contribution is 8.04. The smallest absolute Gasteiger partial charge is 0.280 e. The molecule has 4 heterocycles. The van der Waals surface area contributed by atoms with E-state index in [-0.39, 0.29) is 41.9 Å². The van der Waals surface area contributed by atoms with Crippen molar-refractivity contribution in [2.45, 2.75) is 65.3 Å². The summed E-state index contributed by atoms with van der Waals surface area (Å²) >= 11 is 1.45. The normalized spacial score (nSPS) is 16.3. The molecule has 53 heavy (non-hydrogen) atoms. The van der Waals surface area contributed by atoms with Crippen molar-refractivity contribution in [2.24, 2.45) is 7.05 Å². The van der Waals surface area contributed by atoms with Crippen LogP contribution in [0.2, 0.25) is 0 Å². The van der Waals surface area contributed by atoms with Crippen molar-refractivity contribution in [3.63, 3.8) is 0 Å². The van der Waals surface area contributed by atoms with Crippen LogP contribution in [0.15, 0.2) is 75.1 Å². The Morgan fingerprint density at radius 2 is 1.81 bits per heavy atom. The Kier molecular flexibility index (Phi) is 15.1. The van der Waals surface area contributed by atoms with Gasteiger partial charge in [0.1, 0.15) is 28.6 Å². The quantitative estimate of drug-likeness (QED) is 0.171. The maximum Gasteiger partial charge on any atom is 0.280 e. The molecule has 1 N–H and O–H groups in total.